The predicted octanol–water partition coefficient (Wildman–Crippen LogP) is 2.41. The summed E-state index contributed by atoms with van der Waals surface area (Å²) in [5, 5.41) is 13.5. The zero-order valence-corrected chi connectivity index (χ0v) is 17.7. The van der Waals surface area contributed by atoms with Gasteiger partial charge in [0.15, 0.2) is 0 Å². The Bertz CT molecular complexity index is 841. The molecule has 8 nitrogen and oxygen atoms in total. The molecule has 9 heteroatoms. The number of nitrogens with zero attached hydrogens (tertiary/aromatic N) is 5. The van der Waals surface area contributed by atoms with Gasteiger partial charge in [0.25, 0.3) is 5.91 Å². The highest BCUT2D eigenvalue weighted by Gasteiger charge is 2.30. The molecule has 1 fully saturated rings. The van der Waals surface area contributed by atoms with E-state index in [0.29, 0.717) is 12.4 Å². The summed E-state index contributed by atoms with van der Waals surface area (Å²) in [4.78, 5) is 31.5. The van der Waals surface area contributed by atoms with E-state index in [1.54, 1.807) is 21.7 Å². The molecule has 29 heavy (non-hydrogen) atoms. The van der Waals surface area contributed by atoms with Crippen LogP contribution in [0.2, 0.25) is 0 Å². The Morgan fingerprint density at radius 1 is 1.21 bits per heavy atom. The molecule has 156 valence electrons. The van der Waals surface area contributed by atoms with Crippen LogP contribution in [0.15, 0.2) is 10.9 Å². The third kappa shape index (κ3) is 4.66. The zero-order chi connectivity index (χ0) is 20.2. The molecule has 0 atom stereocenters. The van der Waals surface area contributed by atoms with Gasteiger partial charge in [0, 0.05) is 37.4 Å². The van der Waals surface area contributed by atoms with Crippen LogP contribution in [0.25, 0.3) is 0 Å². The van der Waals surface area contributed by atoms with Gasteiger partial charge in [-0.2, -0.15) is 0 Å². The van der Waals surface area contributed by atoms with Gasteiger partial charge in [-0.05, 0) is 38.5 Å². The smallest absolute Gasteiger partial charge is 0.289 e. The van der Waals surface area contributed by atoms with Crippen molar-refractivity contribution in [1.82, 2.24) is 30.0 Å². The molecule has 4 rings (SSSR count). The van der Waals surface area contributed by atoms with Gasteiger partial charge in [0.2, 0.25) is 11.7 Å². The van der Waals surface area contributed by atoms with E-state index < -0.39 is 0 Å². The van der Waals surface area contributed by atoms with Crippen molar-refractivity contribution in [3.8, 4) is 0 Å². The molecule has 2 aromatic rings. The van der Waals surface area contributed by atoms with Crippen molar-refractivity contribution < 1.29 is 9.59 Å². The summed E-state index contributed by atoms with van der Waals surface area (Å²) in [6, 6.07) is 0.0918. The number of carbonyl (C=O) groups is 2. The van der Waals surface area contributed by atoms with E-state index in [2.05, 4.69) is 20.5 Å². The Hall–Kier alpha value is -2.29. The molecule has 2 amide bonds. The largest absolute Gasteiger partial charge is 0.347 e. The SMILES string of the molecule is CN(Cc1cscn1)C(=O)C1CCC(NC(=O)c2nnc3n2CCCCC3)CC1. The zero-order valence-electron chi connectivity index (χ0n) is 16.8. The van der Waals surface area contributed by atoms with Crippen molar-refractivity contribution in [2.45, 2.75) is 70.5 Å². The normalized spacial score (nSPS) is 21.8. The summed E-state index contributed by atoms with van der Waals surface area (Å²) < 4.78 is 1.98. The minimum Gasteiger partial charge on any atom is -0.347 e. The fourth-order valence-electron chi connectivity index (χ4n) is 4.34. The Kier molecular flexibility index (Phi) is 6.22. The van der Waals surface area contributed by atoms with E-state index in [4.69, 9.17) is 0 Å². The molecular weight excluding hydrogens is 388 g/mol. The van der Waals surface area contributed by atoms with Gasteiger partial charge >= 0.3 is 0 Å². The van der Waals surface area contributed by atoms with Crippen molar-refractivity contribution in [2.24, 2.45) is 5.92 Å². The van der Waals surface area contributed by atoms with Gasteiger partial charge in [-0.25, -0.2) is 4.98 Å². The maximum atomic E-state index is 12.7. The lowest BCUT2D eigenvalue weighted by molar-refractivity contribution is -0.135. The number of amides is 2. The molecular formula is C20H28N6O2S. The number of rotatable bonds is 5. The summed E-state index contributed by atoms with van der Waals surface area (Å²) >= 11 is 1.54. The van der Waals surface area contributed by atoms with Crippen molar-refractivity contribution >= 4 is 23.2 Å². The standard InChI is InChI=1S/C20H28N6O2S/c1-25(11-16-12-29-13-21-16)20(28)14-6-8-15(9-7-14)22-19(27)18-24-23-17-5-3-2-4-10-26(17)18/h12-15H,2-11H2,1H3,(H,22,27). The van der Waals surface area contributed by atoms with Crippen LogP contribution >= 0.6 is 11.3 Å². The first-order valence-corrected chi connectivity index (χ1v) is 11.4. The Morgan fingerprint density at radius 2 is 2.03 bits per heavy atom. The third-order valence-electron chi connectivity index (χ3n) is 5.98. The molecule has 0 unspecified atom stereocenters. The van der Waals surface area contributed by atoms with E-state index in [9.17, 15) is 9.59 Å². The van der Waals surface area contributed by atoms with E-state index in [0.717, 1.165) is 63.0 Å². The predicted molar refractivity (Wildman–Crippen MR) is 109 cm³/mol. The number of hydrogen-bond acceptors (Lipinski definition) is 6. The van der Waals surface area contributed by atoms with E-state index in [1.807, 2.05) is 17.0 Å². The molecule has 0 aromatic carbocycles. The fraction of sp³-hybridized carbons (Fsp3) is 0.650. The maximum absolute atomic E-state index is 12.7. The van der Waals surface area contributed by atoms with Gasteiger partial charge in [-0.3, -0.25) is 9.59 Å². The molecule has 0 saturated heterocycles. The van der Waals surface area contributed by atoms with Gasteiger partial charge in [0.05, 0.1) is 17.7 Å². The average molecular weight is 417 g/mol. The summed E-state index contributed by atoms with van der Waals surface area (Å²) in [6.45, 7) is 1.37. The van der Waals surface area contributed by atoms with Crippen LogP contribution in [-0.4, -0.2) is 49.6 Å². The molecule has 1 N–H and O–H groups in total. The number of fused-ring (bicyclic) bond motifs is 1. The van der Waals surface area contributed by atoms with Crippen molar-refractivity contribution in [3.63, 3.8) is 0 Å². The average Bonchev–Trinajstić information content (AvgIpc) is 3.32. The molecule has 0 bridgehead atoms. The van der Waals surface area contributed by atoms with Crippen LogP contribution in [0.4, 0.5) is 0 Å². The molecule has 0 spiro atoms. The summed E-state index contributed by atoms with van der Waals surface area (Å²) in [5.41, 5.74) is 2.72. The second-order valence-corrected chi connectivity index (χ2v) is 8.82. The monoisotopic (exact) mass is 416 g/mol. The number of aromatic nitrogens is 4. The number of aryl methyl sites for hydroxylation is 1. The molecule has 1 aliphatic heterocycles. The van der Waals surface area contributed by atoms with Crippen LogP contribution < -0.4 is 5.32 Å². The second kappa shape index (κ2) is 9.02. The lowest BCUT2D eigenvalue weighted by atomic mass is 9.85. The lowest BCUT2D eigenvalue weighted by Crippen LogP contribution is -2.42. The van der Waals surface area contributed by atoms with Gasteiger partial charge in [-0.15, -0.1) is 21.5 Å². The van der Waals surface area contributed by atoms with Crippen LogP contribution in [0.5, 0.6) is 0 Å². The molecule has 1 aliphatic carbocycles. The number of thiazole rings is 1. The molecule has 2 aromatic heterocycles. The number of carbonyl (C=O) groups excluding carboxylic acids is 2. The summed E-state index contributed by atoms with van der Waals surface area (Å²) in [7, 11) is 1.84. The number of hydrogen-bond donors (Lipinski definition) is 1. The van der Waals surface area contributed by atoms with Gasteiger partial charge in [0.1, 0.15) is 5.82 Å². The maximum Gasteiger partial charge on any atom is 0.289 e. The van der Waals surface area contributed by atoms with Crippen LogP contribution in [0.3, 0.4) is 0 Å². The fourth-order valence-corrected chi connectivity index (χ4v) is 4.89. The molecule has 1 saturated carbocycles. The first-order chi connectivity index (χ1) is 14.1. The molecule has 0 radical (unpaired) electrons. The summed E-state index contributed by atoms with van der Waals surface area (Å²) in [6.07, 6.45) is 7.44. The third-order valence-corrected chi connectivity index (χ3v) is 6.62. The first-order valence-electron chi connectivity index (χ1n) is 10.5. The first kappa shape index (κ1) is 20.0. The Morgan fingerprint density at radius 3 is 2.79 bits per heavy atom. The van der Waals surface area contributed by atoms with Gasteiger partial charge < -0.3 is 14.8 Å². The highest BCUT2D eigenvalue weighted by Crippen LogP contribution is 2.26. The van der Waals surface area contributed by atoms with Crippen LogP contribution in [0, 0.1) is 5.92 Å². The Labute approximate surface area is 174 Å². The Balaban J connectivity index is 1.28. The highest BCUT2D eigenvalue weighted by molar-refractivity contribution is 7.07. The quantitative estimate of drug-likeness (QED) is 0.808. The van der Waals surface area contributed by atoms with E-state index in [1.165, 1.54) is 6.42 Å². The topological polar surface area (TPSA) is 93.0 Å². The second-order valence-electron chi connectivity index (χ2n) is 8.10. The van der Waals surface area contributed by atoms with Crippen molar-refractivity contribution in [3.05, 3.63) is 28.2 Å². The van der Waals surface area contributed by atoms with Gasteiger partial charge in [-0.1, -0.05) is 6.42 Å². The van der Waals surface area contributed by atoms with Crippen molar-refractivity contribution in [1.29, 1.82) is 0 Å². The van der Waals surface area contributed by atoms with E-state index >= 15 is 0 Å². The summed E-state index contributed by atoms with van der Waals surface area (Å²) in [5.74, 6) is 1.41. The number of nitrogens with one attached hydrogen (secondary N) is 1. The van der Waals surface area contributed by atoms with Crippen LogP contribution in [0.1, 0.15) is 67.1 Å². The minimum absolute atomic E-state index is 0.0242. The van der Waals surface area contributed by atoms with Crippen molar-refractivity contribution in [2.75, 3.05) is 7.05 Å². The minimum atomic E-state index is -0.138. The highest BCUT2D eigenvalue weighted by atomic mass is 32.1. The van der Waals surface area contributed by atoms with E-state index in [-0.39, 0.29) is 23.8 Å². The van der Waals surface area contributed by atoms with Crippen LogP contribution in [-0.2, 0) is 24.3 Å². The molecule has 3 heterocycles. The lowest BCUT2D eigenvalue weighted by Gasteiger charge is -2.30. The molecule has 2 aliphatic rings.